The number of fused-ring (bicyclic) bond motifs is 1. The number of thiophene rings is 1. The summed E-state index contributed by atoms with van der Waals surface area (Å²) in [7, 11) is 0. The Morgan fingerprint density at radius 2 is 2.12 bits per heavy atom. The number of nitrogens with two attached hydrogens (primary N) is 1. The van der Waals surface area contributed by atoms with Gasteiger partial charge in [-0.2, -0.15) is 0 Å². The Bertz CT molecular complexity index is 1130. The van der Waals surface area contributed by atoms with Crippen molar-refractivity contribution in [2.45, 2.75) is 51.9 Å². The minimum Gasteiger partial charge on any atom is -0.383 e. The van der Waals surface area contributed by atoms with E-state index in [9.17, 15) is 9.59 Å². The van der Waals surface area contributed by atoms with E-state index in [2.05, 4.69) is 34.0 Å². The predicted octanol–water partition coefficient (Wildman–Crippen LogP) is 2.97. The fourth-order valence-corrected chi connectivity index (χ4v) is 4.99. The van der Waals surface area contributed by atoms with Crippen LogP contribution in [0.2, 0.25) is 0 Å². The van der Waals surface area contributed by atoms with Crippen LogP contribution in [0.25, 0.3) is 10.8 Å². The molecule has 0 spiro atoms. The van der Waals surface area contributed by atoms with Gasteiger partial charge in [0.25, 0.3) is 0 Å². The first-order valence-electron chi connectivity index (χ1n) is 10.9. The van der Waals surface area contributed by atoms with Crippen LogP contribution >= 0.6 is 11.3 Å². The fourth-order valence-electron chi connectivity index (χ4n) is 4.14. The Labute approximate surface area is 192 Å². The summed E-state index contributed by atoms with van der Waals surface area (Å²) >= 11 is 1.68. The number of nitrogens with one attached hydrogen (secondary N) is 2. The van der Waals surface area contributed by atoms with E-state index in [0.717, 1.165) is 22.8 Å². The van der Waals surface area contributed by atoms with Crippen molar-refractivity contribution in [3.63, 3.8) is 0 Å². The molecule has 2 amide bonds. The van der Waals surface area contributed by atoms with Crippen molar-refractivity contribution in [3.8, 4) is 0 Å². The number of benzene rings is 1. The Morgan fingerprint density at radius 1 is 1.28 bits per heavy atom. The Balaban J connectivity index is 1.34. The number of pyridine rings is 1. The molecule has 3 heterocycles. The predicted molar refractivity (Wildman–Crippen MR) is 128 cm³/mol. The summed E-state index contributed by atoms with van der Waals surface area (Å²) in [6.07, 6.45) is 3.20. The van der Waals surface area contributed by atoms with Crippen molar-refractivity contribution in [3.05, 3.63) is 57.9 Å². The van der Waals surface area contributed by atoms with E-state index >= 15 is 0 Å². The number of nitrogens with zero attached hydrogens (tertiary/aromatic N) is 2. The molecular formula is C24H29N5O2S. The zero-order valence-corrected chi connectivity index (χ0v) is 19.2. The third kappa shape index (κ3) is 4.76. The number of amides is 2. The summed E-state index contributed by atoms with van der Waals surface area (Å²) in [6, 6.07) is 9.09. The van der Waals surface area contributed by atoms with Gasteiger partial charge in [-0.3, -0.25) is 9.59 Å². The third-order valence-electron chi connectivity index (χ3n) is 6.07. The van der Waals surface area contributed by atoms with Crippen molar-refractivity contribution in [2.75, 3.05) is 12.3 Å². The lowest BCUT2D eigenvalue weighted by atomic mass is 10.1. The Morgan fingerprint density at radius 3 is 2.91 bits per heavy atom. The average molecular weight is 452 g/mol. The normalized spacial score (nSPS) is 16.9. The first-order valence-corrected chi connectivity index (χ1v) is 11.8. The van der Waals surface area contributed by atoms with Gasteiger partial charge in [0.1, 0.15) is 11.9 Å². The van der Waals surface area contributed by atoms with Crippen LogP contribution in [0, 0.1) is 6.92 Å². The van der Waals surface area contributed by atoms with Crippen LogP contribution < -0.4 is 16.4 Å². The maximum Gasteiger partial charge on any atom is 0.243 e. The molecular weight excluding hydrogens is 422 g/mol. The van der Waals surface area contributed by atoms with Crippen molar-refractivity contribution in [2.24, 2.45) is 0 Å². The zero-order chi connectivity index (χ0) is 22.7. The molecule has 0 aliphatic carbocycles. The summed E-state index contributed by atoms with van der Waals surface area (Å²) in [5.41, 5.74) is 8.12. The first-order chi connectivity index (χ1) is 15.4. The number of aromatic nitrogens is 1. The van der Waals surface area contributed by atoms with Crippen LogP contribution in [0.4, 0.5) is 5.82 Å². The standard InChI is InChI=1S/C24H29N5O2S/c1-15-8-11-32-21(15)14-27-16(2)24(31)29-10-3-4-20(29)23(30)28-13-17-5-6-19-18(12-17)7-9-26-22(19)25/h5-9,11-12,16,20,27H,3-4,10,13-14H2,1-2H3,(H2,25,26)(H,28,30)/t16?,20-/m0/s1. The summed E-state index contributed by atoms with van der Waals surface area (Å²) in [5, 5.41) is 10.3. The van der Waals surface area contributed by atoms with E-state index in [1.54, 1.807) is 22.4 Å². The Hall–Kier alpha value is -2.97. The highest BCUT2D eigenvalue weighted by Crippen LogP contribution is 2.22. The van der Waals surface area contributed by atoms with Crippen molar-refractivity contribution in [1.29, 1.82) is 0 Å². The molecule has 8 heteroatoms. The van der Waals surface area contributed by atoms with Crippen LogP contribution in [-0.4, -0.2) is 40.3 Å². The van der Waals surface area contributed by atoms with Gasteiger partial charge in [-0.15, -0.1) is 11.3 Å². The van der Waals surface area contributed by atoms with Crippen molar-refractivity contribution >= 4 is 39.7 Å². The fraction of sp³-hybridized carbons (Fsp3) is 0.375. The highest BCUT2D eigenvalue weighted by molar-refractivity contribution is 7.10. The van der Waals surface area contributed by atoms with Crippen LogP contribution in [-0.2, 0) is 22.7 Å². The van der Waals surface area contributed by atoms with Gasteiger partial charge in [0.15, 0.2) is 0 Å². The van der Waals surface area contributed by atoms with Crippen LogP contribution in [0.5, 0.6) is 0 Å². The zero-order valence-electron chi connectivity index (χ0n) is 18.4. The summed E-state index contributed by atoms with van der Waals surface area (Å²) in [4.78, 5) is 33.0. The second kappa shape index (κ2) is 9.67. The molecule has 2 aromatic heterocycles. The SMILES string of the molecule is Cc1ccsc1CNC(C)C(=O)N1CCC[C@H]1C(=O)NCc1ccc2c(N)nccc2c1. The number of carbonyl (C=O) groups is 2. The smallest absolute Gasteiger partial charge is 0.243 e. The molecule has 1 aromatic carbocycles. The summed E-state index contributed by atoms with van der Waals surface area (Å²) in [5.74, 6) is 0.368. The molecule has 1 saturated heterocycles. The monoisotopic (exact) mass is 451 g/mol. The number of hydrogen-bond donors (Lipinski definition) is 3. The van der Waals surface area contributed by atoms with Crippen LogP contribution in [0.15, 0.2) is 41.9 Å². The molecule has 168 valence electrons. The van der Waals surface area contributed by atoms with Gasteiger partial charge in [-0.05, 0) is 66.8 Å². The van der Waals surface area contributed by atoms with Gasteiger partial charge >= 0.3 is 0 Å². The van der Waals surface area contributed by atoms with Crippen molar-refractivity contribution < 1.29 is 9.59 Å². The number of rotatable bonds is 7. The number of likely N-dealkylation sites (tertiary alicyclic amines) is 1. The third-order valence-corrected chi connectivity index (χ3v) is 7.10. The molecule has 1 aliphatic heterocycles. The molecule has 1 aliphatic rings. The molecule has 1 unspecified atom stereocenters. The first kappa shape index (κ1) is 22.2. The van der Waals surface area contributed by atoms with E-state index in [1.807, 2.05) is 31.2 Å². The lowest BCUT2D eigenvalue weighted by Gasteiger charge is -2.27. The molecule has 4 rings (SSSR count). The summed E-state index contributed by atoms with van der Waals surface area (Å²) in [6.45, 7) is 5.61. The van der Waals surface area contributed by atoms with E-state index in [4.69, 9.17) is 5.73 Å². The molecule has 3 aromatic rings. The van der Waals surface area contributed by atoms with Gasteiger partial charge in [0.05, 0.1) is 6.04 Å². The number of aryl methyl sites for hydroxylation is 1. The second-order valence-electron chi connectivity index (χ2n) is 8.29. The molecule has 7 nitrogen and oxygen atoms in total. The molecule has 32 heavy (non-hydrogen) atoms. The van der Waals surface area contributed by atoms with Crippen LogP contribution in [0.3, 0.4) is 0 Å². The van der Waals surface area contributed by atoms with E-state index in [0.29, 0.717) is 31.9 Å². The van der Waals surface area contributed by atoms with E-state index < -0.39 is 6.04 Å². The molecule has 0 saturated carbocycles. The number of hydrogen-bond acceptors (Lipinski definition) is 6. The Kier molecular flexibility index (Phi) is 6.72. The quantitative estimate of drug-likeness (QED) is 0.513. The van der Waals surface area contributed by atoms with Gasteiger partial charge in [0.2, 0.25) is 11.8 Å². The topological polar surface area (TPSA) is 100 Å². The minimum atomic E-state index is -0.421. The summed E-state index contributed by atoms with van der Waals surface area (Å²) < 4.78 is 0. The van der Waals surface area contributed by atoms with E-state index in [1.165, 1.54) is 10.4 Å². The van der Waals surface area contributed by atoms with E-state index in [-0.39, 0.29) is 17.9 Å². The highest BCUT2D eigenvalue weighted by atomic mass is 32.1. The minimum absolute atomic E-state index is 0.0226. The molecule has 0 radical (unpaired) electrons. The maximum absolute atomic E-state index is 13.0. The average Bonchev–Trinajstić information content (AvgIpc) is 3.44. The number of anilines is 1. The lowest BCUT2D eigenvalue weighted by Crippen LogP contribution is -2.51. The van der Waals surface area contributed by atoms with Gasteiger partial charge in [-0.25, -0.2) is 4.98 Å². The largest absolute Gasteiger partial charge is 0.383 e. The van der Waals surface area contributed by atoms with Gasteiger partial charge < -0.3 is 21.3 Å². The van der Waals surface area contributed by atoms with Crippen LogP contribution in [0.1, 0.15) is 35.8 Å². The van der Waals surface area contributed by atoms with Crippen molar-refractivity contribution in [1.82, 2.24) is 20.5 Å². The molecule has 4 N–H and O–H groups in total. The lowest BCUT2D eigenvalue weighted by molar-refractivity contribution is -0.139. The second-order valence-corrected chi connectivity index (χ2v) is 9.29. The number of carbonyl (C=O) groups excluding carboxylic acids is 2. The van der Waals surface area contributed by atoms with Gasteiger partial charge in [-0.1, -0.05) is 12.1 Å². The highest BCUT2D eigenvalue weighted by Gasteiger charge is 2.35. The molecule has 2 atom stereocenters. The van der Waals surface area contributed by atoms with Gasteiger partial charge in [0, 0.05) is 36.1 Å². The molecule has 0 bridgehead atoms. The molecule has 1 fully saturated rings. The maximum atomic E-state index is 13.0. The number of nitrogen functional groups attached to an aromatic ring is 1.